The Kier molecular flexibility index (Phi) is 8.50. The molecule has 2 aromatic heterocycles. The summed E-state index contributed by atoms with van der Waals surface area (Å²) < 4.78 is 0. The molecule has 1 aliphatic rings. The molecule has 12 heteroatoms. The summed E-state index contributed by atoms with van der Waals surface area (Å²) in [5.41, 5.74) is 2.74. The molecule has 0 saturated heterocycles. The Morgan fingerprint density at radius 1 is 0.725 bits per heavy atom. The van der Waals surface area contributed by atoms with E-state index in [9.17, 15) is 9.59 Å². The maximum Gasteiger partial charge on any atom is 0.230 e. The summed E-state index contributed by atoms with van der Waals surface area (Å²) in [4.78, 5) is 24.9. The van der Waals surface area contributed by atoms with Crippen molar-refractivity contribution in [1.29, 1.82) is 10.5 Å². The number of nitrogens with one attached hydrogen (secondary N) is 2. The molecule has 10 nitrogen and oxygen atoms in total. The lowest BCUT2D eigenvalue weighted by Crippen LogP contribution is -2.14. The smallest absolute Gasteiger partial charge is 0.230 e. The molecule has 0 unspecified atom stereocenters. The van der Waals surface area contributed by atoms with Crippen LogP contribution in [0.5, 0.6) is 0 Å². The van der Waals surface area contributed by atoms with Crippen LogP contribution in [0.1, 0.15) is 69.8 Å². The van der Waals surface area contributed by atoms with E-state index in [1.165, 1.54) is 22.7 Å². The Balaban J connectivity index is 1.14. The molecule has 5 rings (SSSR count). The minimum Gasteiger partial charge on any atom is -0.300 e. The van der Waals surface area contributed by atoms with Crippen molar-refractivity contribution in [3.8, 4) is 12.1 Å². The van der Waals surface area contributed by atoms with E-state index in [1.54, 1.807) is 48.5 Å². The van der Waals surface area contributed by atoms with Crippen molar-refractivity contribution < 1.29 is 9.59 Å². The van der Waals surface area contributed by atoms with E-state index in [1.807, 2.05) is 0 Å². The zero-order valence-corrected chi connectivity index (χ0v) is 23.0. The SMILES string of the molecule is N#Cc1ccc(CC(=O)Nc2nnc([C@@H]3CCC[C@@H](c4nnc(NC(=O)Cc5ccc(C#N)cc5)s4)C3)s2)cc1. The van der Waals surface area contributed by atoms with Crippen molar-refractivity contribution >= 4 is 44.8 Å². The molecule has 40 heavy (non-hydrogen) atoms. The van der Waals surface area contributed by atoms with Gasteiger partial charge in [-0.3, -0.25) is 9.59 Å². The first-order valence-corrected chi connectivity index (χ1v) is 14.4. The van der Waals surface area contributed by atoms with E-state index in [0.29, 0.717) is 21.4 Å². The summed E-state index contributed by atoms with van der Waals surface area (Å²) in [5, 5.41) is 43.3. The third-order valence-corrected chi connectivity index (χ3v) is 8.64. The predicted molar refractivity (Wildman–Crippen MR) is 151 cm³/mol. The van der Waals surface area contributed by atoms with Gasteiger partial charge in [0.05, 0.1) is 36.1 Å². The lowest BCUT2D eigenvalue weighted by atomic mass is 9.82. The number of benzene rings is 2. The van der Waals surface area contributed by atoms with Crippen LogP contribution in [0.25, 0.3) is 0 Å². The average molecular weight is 569 g/mol. The number of hydrogen-bond acceptors (Lipinski definition) is 10. The molecular formula is C28H24N8O2S2. The number of rotatable bonds is 8. The van der Waals surface area contributed by atoms with E-state index < -0.39 is 0 Å². The van der Waals surface area contributed by atoms with Crippen molar-refractivity contribution in [2.24, 2.45) is 0 Å². The summed E-state index contributed by atoms with van der Waals surface area (Å²) in [6.07, 6.45) is 4.20. The molecule has 1 saturated carbocycles. The van der Waals surface area contributed by atoms with E-state index in [4.69, 9.17) is 10.5 Å². The number of nitrogens with zero attached hydrogens (tertiary/aromatic N) is 6. The molecule has 0 radical (unpaired) electrons. The number of nitriles is 2. The predicted octanol–water partition coefficient (Wildman–Crippen LogP) is 4.94. The number of anilines is 2. The number of amides is 2. The van der Waals surface area contributed by atoms with Crippen molar-refractivity contribution in [3.63, 3.8) is 0 Å². The molecule has 0 aliphatic heterocycles. The molecule has 1 aliphatic carbocycles. The van der Waals surface area contributed by atoms with Crippen LogP contribution in [0.3, 0.4) is 0 Å². The maximum absolute atomic E-state index is 12.5. The van der Waals surface area contributed by atoms with Gasteiger partial charge >= 0.3 is 0 Å². The van der Waals surface area contributed by atoms with Gasteiger partial charge in [-0.1, -0.05) is 53.4 Å². The molecule has 1 fully saturated rings. The third-order valence-electron chi connectivity index (χ3n) is 6.64. The van der Waals surface area contributed by atoms with Crippen molar-refractivity contribution in [2.45, 2.75) is 50.4 Å². The molecule has 2 N–H and O–H groups in total. The topological polar surface area (TPSA) is 157 Å². The van der Waals surface area contributed by atoms with Crippen LogP contribution in [-0.2, 0) is 22.4 Å². The maximum atomic E-state index is 12.5. The molecule has 2 heterocycles. The average Bonchev–Trinajstić information content (AvgIpc) is 3.64. The Hall–Kier alpha value is -4.52. The fourth-order valence-electron chi connectivity index (χ4n) is 4.63. The fourth-order valence-corrected chi connectivity index (χ4v) is 6.44. The van der Waals surface area contributed by atoms with Crippen molar-refractivity contribution in [1.82, 2.24) is 20.4 Å². The standard InChI is InChI=1S/C28H24N8O2S2/c29-15-19-8-4-17(5-9-19)12-23(37)31-27-35-33-25(39-27)21-2-1-3-22(14-21)26-34-36-28(40-26)32-24(38)13-18-6-10-20(16-30)11-7-18/h4-11,21-22H,1-3,12-14H2,(H,31,35,37)(H,32,36,38)/t21-,22-/m1/s1. The van der Waals surface area contributed by atoms with Crippen LogP contribution in [0.15, 0.2) is 48.5 Å². The Bertz CT molecular complexity index is 1460. The van der Waals surface area contributed by atoms with Gasteiger partial charge in [-0.2, -0.15) is 10.5 Å². The van der Waals surface area contributed by atoms with Crippen LogP contribution < -0.4 is 10.6 Å². The molecule has 4 aromatic rings. The van der Waals surface area contributed by atoms with Crippen LogP contribution in [0.4, 0.5) is 10.3 Å². The summed E-state index contributed by atoms with van der Waals surface area (Å²) in [6.45, 7) is 0. The van der Waals surface area contributed by atoms with Gasteiger partial charge in [-0.25, -0.2) is 0 Å². The second kappa shape index (κ2) is 12.6. The third kappa shape index (κ3) is 6.91. The minimum atomic E-state index is -0.184. The van der Waals surface area contributed by atoms with E-state index in [-0.39, 0.29) is 36.5 Å². The fraction of sp³-hybridized carbons (Fsp3) is 0.286. The van der Waals surface area contributed by atoms with Gasteiger partial charge in [0.25, 0.3) is 0 Å². The Morgan fingerprint density at radius 3 is 1.55 bits per heavy atom. The van der Waals surface area contributed by atoms with Gasteiger partial charge in [0.15, 0.2) is 0 Å². The first-order valence-electron chi connectivity index (χ1n) is 12.7. The van der Waals surface area contributed by atoms with Gasteiger partial charge in [-0.05, 0) is 54.7 Å². The molecule has 0 spiro atoms. The van der Waals surface area contributed by atoms with Crippen LogP contribution in [-0.4, -0.2) is 32.2 Å². The minimum absolute atomic E-state index is 0.184. The number of hydrogen-bond donors (Lipinski definition) is 2. The highest BCUT2D eigenvalue weighted by Crippen LogP contribution is 2.43. The van der Waals surface area contributed by atoms with Crippen molar-refractivity contribution in [3.05, 3.63) is 80.8 Å². The van der Waals surface area contributed by atoms with Gasteiger partial charge in [0, 0.05) is 11.8 Å². The van der Waals surface area contributed by atoms with Gasteiger partial charge in [0.2, 0.25) is 22.1 Å². The second-order valence-electron chi connectivity index (χ2n) is 9.52. The normalized spacial score (nSPS) is 16.4. The number of carbonyl (C=O) groups is 2. The van der Waals surface area contributed by atoms with Crippen LogP contribution in [0.2, 0.25) is 0 Å². The van der Waals surface area contributed by atoms with Crippen LogP contribution in [0, 0.1) is 22.7 Å². The summed E-state index contributed by atoms with van der Waals surface area (Å²) in [7, 11) is 0. The zero-order valence-electron chi connectivity index (χ0n) is 21.3. The lowest BCUT2D eigenvalue weighted by Gasteiger charge is -2.25. The molecular weight excluding hydrogens is 544 g/mol. The molecule has 200 valence electrons. The zero-order chi connectivity index (χ0) is 27.9. The van der Waals surface area contributed by atoms with Crippen LogP contribution >= 0.6 is 22.7 Å². The largest absolute Gasteiger partial charge is 0.300 e. The number of aromatic nitrogens is 4. The van der Waals surface area contributed by atoms with E-state index >= 15 is 0 Å². The summed E-state index contributed by atoms with van der Waals surface area (Å²) >= 11 is 2.79. The highest BCUT2D eigenvalue weighted by molar-refractivity contribution is 7.15. The molecule has 2 amide bonds. The number of carbonyl (C=O) groups excluding carboxylic acids is 2. The van der Waals surface area contributed by atoms with Crippen molar-refractivity contribution in [2.75, 3.05) is 10.6 Å². The quantitative estimate of drug-likeness (QED) is 0.303. The Labute approximate surface area is 238 Å². The molecule has 2 aromatic carbocycles. The van der Waals surface area contributed by atoms with E-state index in [2.05, 4.69) is 43.2 Å². The summed E-state index contributed by atoms with van der Waals surface area (Å²) in [5.74, 6) is 0.0468. The highest BCUT2D eigenvalue weighted by atomic mass is 32.1. The van der Waals surface area contributed by atoms with E-state index in [0.717, 1.165) is 46.8 Å². The van der Waals surface area contributed by atoms with Gasteiger partial charge < -0.3 is 10.6 Å². The monoisotopic (exact) mass is 568 g/mol. The van der Waals surface area contributed by atoms with Gasteiger partial charge in [0.1, 0.15) is 10.0 Å². The second-order valence-corrected chi connectivity index (χ2v) is 11.5. The highest BCUT2D eigenvalue weighted by Gasteiger charge is 2.29. The Morgan fingerprint density at radius 2 is 1.15 bits per heavy atom. The molecule has 0 bridgehead atoms. The first-order chi connectivity index (χ1) is 19.5. The lowest BCUT2D eigenvalue weighted by molar-refractivity contribution is -0.116. The molecule has 2 atom stereocenters. The summed E-state index contributed by atoms with van der Waals surface area (Å²) in [6, 6.07) is 18.0. The van der Waals surface area contributed by atoms with Gasteiger partial charge in [-0.15, -0.1) is 20.4 Å². The first kappa shape index (κ1) is 27.1.